The van der Waals surface area contributed by atoms with E-state index < -0.39 is 0 Å². The highest BCUT2D eigenvalue weighted by Gasteiger charge is 2.19. The predicted molar refractivity (Wildman–Crippen MR) is 196 cm³/mol. The van der Waals surface area contributed by atoms with Gasteiger partial charge in [0.05, 0.1) is 11.0 Å². The van der Waals surface area contributed by atoms with Crippen LogP contribution in [-0.2, 0) is 0 Å². The Morgan fingerprint density at radius 2 is 0.936 bits per heavy atom. The number of para-hydroxylation sites is 2. The third-order valence-corrected chi connectivity index (χ3v) is 9.13. The molecule has 0 aliphatic carbocycles. The lowest BCUT2D eigenvalue weighted by Crippen LogP contribution is -1.98. The van der Waals surface area contributed by atoms with Gasteiger partial charge in [-0.05, 0) is 91.3 Å². The maximum atomic E-state index is 5.05. The minimum Gasteiger partial charge on any atom is -0.292 e. The highest BCUT2D eigenvalue weighted by atomic mass is 15.1. The topological polar surface area (TPSA) is 30.7 Å². The second kappa shape index (κ2) is 11.2. The molecule has 0 amide bonds. The van der Waals surface area contributed by atoms with Gasteiger partial charge in [-0.2, -0.15) is 0 Å². The lowest BCUT2D eigenvalue weighted by molar-refractivity contribution is 1.10. The number of fused-ring (bicyclic) bond motifs is 3. The van der Waals surface area contributed by atoms with Crippen molar-refractivity contribution in [2.24, 2.45) is 0 Å². The maximum Gasteiger partial charge on any atom is 0.145 e. The third-order valence-electron chi connectivity index (χ3n) is 9.13. The van der Waals surface area contributed by atoms with Crippen molar-refractivity contribution < 1.29 is 0 Å². The van der Waals surface area contributed by atoms with E-state index in [0.29, 0.717) is 0 Å². The van der Waals surface area contributed by atoms with Crippen LogP contribution in [0.15, 0.2) is 176 Å². The molecule has 0 bridgehead atoms. The fourth-order valence-corrected chi connectivity index (χ4v) is 7.06. The zero-order valence-electron chi connectivity index (χ0n) is 25.6. The molecule has 0 saturated carbocycles. The normalized spacial score (nSPS) is 11.4. The Labute approximate surface area is 273 Å². The minimum absolute atomic E-state index is 0.938. The smallest absolute Gasteiger partial charge is 0.145 e. The van der Waals surface area contributed by atoms with Crippen LogP contribution in [0.1, 0.15) is 0 Å². The highest BCUT2D eigenvalue weighted by molar-refractivity contribution is 6.22. The van der Waals surface area contributed by atoms with Crippen LogP contribution >= 0.6 is 0 Å². The van der Waals surface area contributed by atoms with Gasteiger partial charge in [0.25, 0.3) is 0 Å². The molecule has 0 aliphatic heterocycles. The second-order valence-electron chi connectivity index (χ2n) is 11.8. The van der Waals surface area contributed by atoms with Gasteiger partial charge in [-0.3, -0.25) is 9.55 Å². The largest absolute Gasteiger partial charge is 0.292 e. The van der Waals surface area contributed by atoms with E-state index in [4.69, 9.17) is 4.98 Å². The van der Waals surface area contributed by atoms with E-state index in [-0.39, 0.29) is 0 Å². The Balaban J connectivity index is 1.26. The minimum atomic E-state index is 0.938. The summed E-state index contributed by atoms with van der Waals surface area (Å²) in [5.74, 6) is 0.938. The van der Waals surface area contributed by atoms with Crippen LogP contribution in [0.5, 0.6) is 0 Å². The fourth-order valence-electron chi connectivity index (χ4n) is 7.06. The zero-order valence-corrected chi connectivity index (χ0v) is 25.6. The van der Waals surface area contributed by atoms with Gasteiger partial charge in [0.1, 0.15) is 5.82 Å². The van der Waals surface area contributed by atoms with E-state index in [1.54, 1.807) is 0 Å². The lowest BCUT2D eigenvalue weighted by atomic mass is 9.84. The highest BCUT2D eigenvalue weighted by Crippen LogP contribution is 2.46. The van der Waals surface area contributed by atoms with Crippen LogP contribution in [0.4, 0.5) is 0 Å². The van der Waals surface area contributed by atoms with Gasteiger partial charge in [-0.15, -0.1) is 0 Å². The quantitative estimate of drug-likeness (QED) is 0.184. The Morgan fingerprint density at radius 3 is 1.62 bits per heavy atom. The van der Waals surface area contributed by atoms with E-state index in [1.165, 1.54) is 49.4 Å². The molecule has 2 heterocycles. The summed E-state index contributed by atoms with van der Waals surface area (Å²) in [4.78, 5) is 9.32. The molecule has 3 nitrogen and oxygen atoms in total. The molecule has 0 saturated heterocycles. The number of hydrogen-bond donors (Lipinski definition) is 0. The number of hydrogen-bond acceptors (Lipinski definition) is 2. The summed E-state index contributed by atoms with van der Waals surface area (Å²) in [6, 6.07) is 58.3. The molecule has 9 aromatic rings. The van der Waals surface area contributed by atoms with Gasteiger partial charge in [-0.1, -0.05) is 127 Å². The van der Waals surface area contributed by atoms with Crippen molar-refractivity contribution in [2.45, 2.75) is 0 Å². The van der Waals surface area contributed by atoms with Gasteiger partial charge in [0, 0.05) is 23.6 Å². The van der Waals surface area contributed by atoms with E-state index in [9.17, 15) is 0 Å². The van der Waals surface area contributed by atoms with Gasteiger partial charge in [0.15, 0.2) is 0 Å². The molecule has 0 fully saturated rings. The molecule has 0 radical (unpaired) electrons. The average molecular weight is 600 g/mol. The van der Waals surface area contributed by atoms with Crippen molar-refractivity contribution in [3.63, 3.8) is 0 Å². The number of pyridine rings is 1. The van der Waals surface area contributed by atoms with Gasteiger partial charge >= 0.3 is 0 Å². The van der Waals surface area contributed by atoms with Crippen molar-refractivity contribution in [2.75, 3.05) is 0 Å². The standard InChI is InChI=1S/C44H29N3/c1-2-12-32(13-3-1)44-46-40-20-10-11-21-41(40)47(44)33-24-22-31(23-25-33)42-36-16-6-8-18-38(36)43(39-19-9-7-17-37(39)42)35-15-5-4-14-34(35)30-26-28-45-29-27-30/h1-29H. The summed E-state index contributed by atoms with van der Waals surface area (Å²) in [6.07, 6.45) is 3.73. The molecule has 9 rings (SSSR count). The van der Waals surface area contributed by atoms with Crippen LogP contribution in [0.2, 0.25) is 0 Å². The molecular weight excluding hydrogens is 571 g/mol. The number of imidazole rings is 1. The molecule has 3 heteroatoms. The van der Waals surface area contributed by atoms with E-state index in [2.05, 4.69) is 161 Å². The average Bonchev–Trinajstić information content (AvgIpc) is 3.54. The van der Waals surface area contributed by atoms with E-state index in [1.807, 2.05) is 24.5 Å². The first-order valence-corrected chi connectivity index (χ1v) is 15.9. The second-order valence-corrected chi connectivity index (χ2v) is 11.8. The Morgan fingerprint density at radius 1 is 0.383 bits per heavy atom. The van der Waals surface area contributed by atoms with Crippen molar-refractivity contribution in [3.05, 3.63) is 176 Å². The van der Waals surface area contributed by atoms with Crippen LogP contribution in [0.3, 0.4) is 0 Å². The van der Waals surface area contributed by atoms with Crippen LogP contribution < -0.4 is 0 Å². The molecule has 7 aromatic carbocycles. The van der Waals surface area contributed by atoms with Crippen LogP contribution in [-0.4, -0.2) is 14.5 Å². The zero-order chi connectivity index (χ0) is 31.2. The number of rotatable bonds is 5. The first-order chi connectivity index (χ1) is 23.3. The van der Waals surface area contributed by atoms with Gasteiger partial charge in [-0.25, -0.2) is 4.98 Å². The summed E-state index contributed by atoms with van der Waals surface area (Å²) in [5, 5.41) is 4.94. The first-order valence-electron chi connectivity index (χ1n) is 15.9. The summed E-state index contributed by atoms with van der Waals surface area (Å²) in [5.41, 5.74) is 11.5. The molecule has 0 aliphatic rings. The lowest BCUT2D eigenvalue weighted by Gasteiger charge is -2.20. The van der Waals surface area contributed by atoms with E-state index >= 15 is 0 Å². The SMILES string of the molecule is c1ccc(-c2nc3ccccc3n2-c2ccc(-c3c4ccccc4c(-c4ccccc4-c4ccncc4)c4ccccc34)cc2)cc1. The Hall–Kier alpha value is -6.32. The summed E-state index contributed by atoms with van der Waals surface area (Å²) < 4.78 is 2.27. The Bertz CT molecular complexity index is 2490. The maximum absolute atomic E-state index is 5.05. The third kappa shape index (κ3) is 4.52. The van der Waals surface area contributed by atoms with E-state index in [0.717, 1.165) is 33.7 Å². The van der Waals surface area contributed by atoms with Crippen LogP contribution in [0.25, 0.3) is 83.0 Å². The number of aromatic nitrogens is 3. The molecule has 47 heavy (non-hydrogen) atoms. The van der Waals surface area contributed by atoms with Gasteiger partial charge in [0.2, 0.25) is 0 Å². The molecule has 2 aromatic heterocycles. The summed E-state index contributed by atoms with van der Waals surface area (Å²) in [7, 11) is 0. The van der Waals surface area contributed by atoms with Crippen LogP contribution in [0, 0.1) is 0 Å². The van der Waals surface area contributed by atoms with Crippen molar-refractivity contribution >= 4 is 32.6 Å². The molecule has 0 spiro atoms. The molecule has 0 unspecified atom stereocenters. The number of benzene rings is 7. The van der Waals surface area contributed by atoms with Crippen molar-refractivity contribution in [3.8, 4) is 50.5 Å². The summed E-state index contributed by atoms with van der Waals surface area (Å²) in [6.45, 7) is 0. The van der Waals surface area contributed by atoms with Crippen molar-refractivity contribution in [1.82, 2.24) is 14.5 Å². The summed E-state index contributed by atoms with van der Waals surface area (Å²) >= 11 is 0. The fraction of sp³-hybridized carbons (Fsp3) is 0. The number of nitrogens with zero attached hydrogens (tertiary/aromatic N) is 3. The van der Waals surface area contributed by atoms with Crippen molar-refractivity contribution in [1.29, 1.82) is 0 Å². The molecule has 0 atom stereocenters. The molecular formula is C44H29N3. The first kappa shape index (κ1) is 27.0. The Kier molecular flexibility index (Phi) is 6.46. The molecule has 220 valence electrons. The predicted octanol–water partition coefficient (Wildman–Crippen LogP) is 11.4. The monoisotopic (exact) mass is 599 g/mol. The molecule has 0 N–H and O–H groups in total. The van der Waals surface area contributed by atoms with Gasteiger partial charge < -0.3 is 0 Å².